The molecule has 1 saturated carbocycles. The first-order valence-electron chi connectivity index (χ1n) is 6.70. The van der Waals surface area contributed by atoms with Crippen LogP contribution in [0.3, 0.4) is 0 Å². The molecular formula is C15H22O2. The first kappa shape index (κ1) is 12.3. The maximum Gasteiger partial charge on any atom is 0.119 e. The number of phenolic OH excluding ortho intramolecular Hbond substituents is 2. The summed E-state index contributed by atoms with van der Waals surface area (Å²) in [6.07, 6.45) is 8.70. The molecule has 2 nitrogen and oxygen atoms in total. The minimum atomic E-state index is 0.180. The summed E-state index contributed by atoms with van der Waals surface area (Å²) in [5.74, 6) is 0.361. The lowest BCUT2D eigenvalue weighted by Gasteiger charge is -2.16. The van der Waals surface area contributed by atoms with Crippen LogP contribution in [0.15, 0.2) is 18.2 Å². The molecule has 0 unspecified atom stereocenters. The van der Waals surface area contributed by atoms with Gasteiger partial charge in [-0.3, -0.25) is 0 Å². The predicted octanol–water partition coefficient (Wildman–Crippen LogP) is 4.10. The SMILES string of the molecule is CCCCCCC1(c2cc(O)cc(O)c2)CC1. The Morgan fingerprint density at radius 2 is 1.65 bits per heavy atom. The van der Waals surface area contributed by atoms with Crippen molar-refractivity contribution in [3.05, 3.63) is 23.8 Å². The van der Waals surface area contributed by atoms with Gasteiger partial charge in [-0.25, -0.2) is 0 Å². The number of rotatable bonds is 6. The Kier molecular flexibility index (Phi) is 3.60. The van der Waals surface area contributed by atoms with Gasteiger partial charge >= 0.3 is 0 Å². The zero-order valence-corrected chi connectivity index (χ0v) is 10.6. The van der Waals surface area contributed by atoms with E-state index in [9.17, 15) is 10.2 Å². The minimum Gasteiger partial charge on any atom is -0.508 e. The number of benzene rings is 1. The average molecular weight is 234 g/mol. The van der Waals surface area contributed by atoms with Gasteiger partial charge in [0.2, 0.25) is 0 Å². The summed E-state index contributed by atoms with van der Waals surface area (Å²) < 4.78 is 0. The van der Waals surface area contributed by atoms with Gasteiger partial charge in [0, 0.05) is 6.07 Å². The van der Waals surface area contributed by atoms with Crippen LogP contribution in [0.4, 0.5) is 0 Å². The second-order valence-corrected chi connectivity index (χ2v) is 5.33. The van der Waals surface area contributed by atoms with E-state index in [1.54, 1.807) is 0 Å². The Labute approximate surface area is 103 Å². The van der Waals surface area contributed by atoms with Crippen molar-refractivity contribution in [1.82, 2.24) is 0 Å². The third kappa shape index (κ3) is 2.93. The van der Waals surface area contributed by atoms with Gasteiger partial charge in [-0.05, 0) is 42.4 Å². The molecule has 0 spiro atoms. The highest BCUT2D eigenvalue weighted by Gasteiger charge is 2.43. The van der Waals surface area contributed by atoms with Gasteiger partial charge in [-0.1, -0.05) is 32.6 Å². The van der Waals surface area contributed by atoms with E-state index in [1.165, 1.54) is 51.0 Å². The summed E-state index contributed by atoms with van der Waals surface area (Å²) in [7, 11) is 0. The number of phenols is 2. The Morgan fingerprint density at radius 3 is 2.18 bits per heavy atom. The van der Waals surface area contributed by atoms with Gasteiger partial charge < -0.3 is 10.2 Å². The molecule has 1 fully saturated rings. The third-order valence-electron chi connectivity index (χ3n) is 3.88. The smallest absolute Gasteiger partial charge is 0.119 e. The van der Waals surface area contributed by atoms with Crippen LogP contribution in [-0.2, 0) is 5.41 Å². The van der Waals surface area contributed by atoms with E-state index in [-0.39, 0.29) is 16.9 Å². The first-order valence-corrected chi connectivity index (χ1v) is 6.70. The molecule has 94 valence electrons. The lowest BCUT2D eigenvalue weighted by Crippen LogP contribution is -2.06. The second-order valence-electron chi connectivity index (χ2n) is 5.33. The van der Waals surface area contributed by atoms with Crippen molar-refractivity contribution < 1.29 is 10.2 Å². The Balaban J connectivity index is 2.00. The zero-order chi connectivity index (χ0) is 12.3. The molecule has 0 bridgehead atoms. The van der Waals surface area contributed by atoms with Crippen molar-refractivity contribution in [2.45, 2.75) is 57.3 Å². The number of aromatic hydroxyl groups is 2. The molecule has 1 aromatic rings. The molecular weight excluding hydrogens is 212 g/mol. The van der Waals surface area contributed by atoms with E-state index in [0.29, 0.717) is 0 Å². The van der Waals surface area contributed by atoms with Crippen LogP contribution in [0.25, 0.3) is 0 Å². The molecule has 0 atom stereocenters. The van der Waals surface area contributed by atoms with Crippen LogP contribution in [0, 0.1) is 0 Å². The van der Waals surface area contributed by atoms with Crippen molar-refractivity contribution in [3.8, 4) is 11.5 Å². The van der Waals surface area contributed by atoms with Crippen molar-refractivity contribution in [1.29, 1.82) is 0 Å². The molecule has 2 heteroatoms. The maximum atomic E-state index is 9.53. The highest BCUT2D eigenvalue weighted by molar-refractivity contribution is 5.42. The lowest BCUT2D eigenvalue weighted by molar-refractivity contribution is 0.445. The maximum absolute atomic E-state index is 9.53. The largest absolute Gasteiger partial charge is 0.508 e. The monoisotopic (exact) mass is 234 g/mol. The van der Waals surface area contributed by atoms with Crippen LogP contribution in [0.2, 0.25) is 0 Å². The highest BCUT2D eigenvalue weighted by atomic mass is 16.3. The molecule has 0 aromatic heterocycles. The second kappa shape index (κ2) is 4.99. The van der Waals surface area contributed by atoms with E-state index >= 15 is 0 Å². The summed E-state index contributed by atoms with van der Waals surface area (Å²) in [6.45, 7) is 2.22. The van der Waals surface area contributed by atoms with Gasteiger partial charge in [-0.15, -0.1) is 0 Å². The summed E-state index contributed by atoms with van der Waals surface area (Å²) in [5, 5.41) is 19.1. The van der Waals surface area contributed by atoms with Gasteiger partial charge in [0.25, 0.3) is 0 Å². The fraction of sp³-hybridized carbons (Fsp3) is 0.600. The van der Waals surface area contributed by atoms with Crippen molar-refractivity contribution in [2.24, 2.45) is 0 Å². The standard InChI is InChI=1S/C15H22O2/c1-2-3-4-5-6-15(7-8-15)12-9-13(16)11-14(17)10-12/h9-11,16-17H,2-8H2,1H3. The molecule has 0 amide bonds. The van der Waals surface area contributed by atoms with E-state index in [2.05, 4.69) is 6.92 Å². The van der Waals surface area contributed by atoms with Crippen LogP contribution in [0.1, 0.15) is 57.4 Å². The van der Waals surface area contributed by atoms with Gasteiger partial charge in [0.05, 0.1) is 0 Å². The summed E-state index contributed by atoms with van der Waals surface area (Å²) in [4.78, 5) is 0. The van der Waals surface area contributed by atoms with Gasteiger partial charge in [0.15, 0.2) is 0 Å². The molecule has 2 N–H and O–H groups in total. The van der Waals surface area contributed by atoms with Gasteiger partial charge in [0.1, 0.15) is 11.5 Å². The van der Waals surface area contributed by atoms with E-state index in [4.69, 9.17) is 0 Å². The lowest BCUT2D eigenvalue weighted by atomic mass is 9.89. The van der Waals surface area contributed by atoms with Crippen LogP contribution in [0.5, 0.6) is 11.5 Å². The summed E-state index contributed by atoms with van der Waals surface area (Å²) in [6, 6.07) is 5.02. The van der Waals surface area contributed by atoms with Crippen molar-refractivity contribution >= 4 is 0 Å². The van der Waals surface area contributed by atoms with E-state index in [0.717, 1.165) is 5.56 Å². The molecule has 0 saturated heterocycles. The van der Waals surface area contributed by atoms with E-state index in [1.807, 2.05) is 12.1 Å². The predicted molar refractivity (Wildman–Crippen MR) is 69.4 cm³/mol. The zero-order valence-electron chi connectivity index (χ0n) is 10.6. The summed E-state index contributed by atoms with van der Waals surface area (Å²) in [5.41, 5.74) is 1.37. The molecule has 0 heterocycles. The fourth-order valence-electron chi connectivity index (χ4n) is 2.63. The number of unbranched alkanes of at least 4 members (excludes halogenated alkanes) is 3. The molecule has 0 aliphatic heterocycles. The normalized spacial score (nSPS) is 17.0. The Hall–Kier alpha value is -1.18. The van der Waals surface area contributed by atoms with Crippen molar-refractivity contribution in [2.75, 3.05) is 0 Å². The topological polar surface area (TPSA) is 40.5 Å². The molecule has 1 aromatic carbocycles. The third-order valence-corrected chi connectivity index (χ3v) is 3.88. The minimum absolute atomic E-state index is 0.180. The molecule has 1 aliphatic carbocycles. The quantitative estimate of drug-likeness (QED) is 0.727. The van der Waals surface area contributed by atoms with Crippen LogP contribution in [-0.4, -0.2) is 10.2 Å². The Bertz CT molecular complexity index is 360. The number of hydrogen-bond acceptors (Lipinski definition) is 2. The van der Waals surface area contributed by atoms with Crippen molar-refractivity contribution in [3.63, 3.8) is 0 Å². The average Bonchev–Trinajstić information content (AvgIpc) is 3.04. The van der Waals surface area contributed by atoms with Crippen LogP contribution >= 0.6 is 0 Å². The summed E-state index contributed by atoms with van der Waals surface area (Å²) >= 11 is 0. The highest BCUT2D eigenvalue weighted by Crippen LogP contribution is 2.53. The molecule has 1 aliphatic rings. The molecule has 17 heavy (non-hydrogen) atoms. The number of hydrogen-bond donors (Lipinski definition) is 2. The molecule has 2 rings (SSSR count). The van der Waals surface area contributed by atoms with E-state index < -0.39 is 0 Å². The molecule has 0 radical (unpaired) electrons. The van der Waals surface area contributed by atoms with Crippen LogP contribution < -0.4 is 0 Å². The first-order chi connectivity index (χ1) is 8.16. The van der Waals surface area contributed by atoms with Gasteiger partial charge in [-0.2, -0.15) is 0 Å². The Morgan fingerprint density at radius 1 is 1.00 bits per heavy atom. The fourth-order valence-corrected chi connectivity index (χ4v) is 2.63.